The monoisotopic (exact) mass is 682 g/mol. The fourth-order valence-corrected chi connectivity index (χ4v) is 8.04. The number of fused-ring (bicyclic) bond motifs is 1. The summed E-state index contributed by atoms with van der Waals surface area (Å²) in [5.41, 5.74) is -2.17. The molecule has 15 atom stereocenters. The van der Waals surface area contributed by atoms with Crippen molar-refractivity contribution in [1.29, 1.82) is 0 Å². The van der Waals surface area contributed by atoms with Crippen LogP contribution >= 0.6 is 0 Å². The first-order chi connectivity index (χ1) is 22.4. The molecule has 0 radical (unpaired) electrons. The van der Waals surface area contributed by atoms with E-state index >= 15 is 0 Å². The third-order valence-electron chi connectivity index (χ3n) is 11.4. The van der Waals surface area contributed by atoms with Crippen molar-refractivity contribution >= 4 is 17.8 Å². The molecule has 0 spiro atoms. The largest absolute Gasteiger partial charge is 0.458 e. The minimum atomic E-state index is -1.15. The molecule has 0 aromatic heterocycles. The van der Waals surface area contributed by atoms with E-state index in [1.54, 1.807) is 21.0 Å². The van der Waals surface area contributed by atoms with Gasteiger partial charge >= 0.3 is 12.1 Å². The predicted octanol–water partition coefficient (Wildman–Crippen LogP) is 2.23. The lowest BCUT2D eigenvalue weighted by molar-refractivity contribution is -0.297. The third-order valence-corrected chi connectivity index (χ3v) is 11.4. The maximum Gasteiger partial charge on any atom is 0.408 e. The number of Topliss-reactive ketones (excluding diaryl/α,β-unsaturated/α-hetero) is 1. The van der Waals surface area contributed by atoms with Gasteiger partial charge < -0.3 is 49.6 Å². The molecule has 1 saturated carbocycles. The van der Waals surface area contributed by atoms with Gasteiger partial charge in [-0.15, -0.1) is 0 Å². The van der Waals surface area contributed by atoms with Crippen molar-refractivity contribution in [2.24, 2.45) is 23.7 Å². The van der Waals surface area contributed by atoms with Crippen molar-refractivity contribution in [2.75, 3.05) is 34.3 Å². The molecule has 4 fully saturated rings. The summed E-state index contributed by atoms with van der Waals surface area (Å²) in [6, 6.07) is -0.497. The molecule has 0 aromatic carbocycles. The molecule has 4 rings (SSSR count). The number of nitrogens with one attached hydrogen (secondary N) is 3. The van der Waals surface area contributed by atoms with Crippen LogP contribution in [0, 0.1) is 23.7 Å². The first kappa shape index (κ1) is 38.9. The number of aliphatic hydroxyl groups excluding tert-OH is 1. The zero-order valence-corrected chi connectivity index (χ0v) is 30.9. The summed E-state index contributed by atoms with van der Waals surface area (Å²) in [7, 11) is 5.45. The number of esters is 1. The molecule has 4 aliphatic rings. The van der Waals surface area contributed by atoms with E-state index in [4.69, 9.17) is 23.7 Å². The fraction of sp³-hybridized carbons (Fsp3) is 0.914. The highest BCUT2D eigenvalue weighted by molar-refractivity contribution is 6.00. The van der Waals surface area contributed by atoms with E-state index in [-0.39, 0.29) is 29.9 Å². The van der Waals surface area contributed by atoms with Crippen molar-refractivity contribution in [2.45, 2.75) is 147 Å². The van der Waals surface area contributed by atoms with E-state index < -0.39 is 65.7 Å². The van der Waals surface area contributed by atoms with E-state index in [0.717, 1.165) is 6.42 Å². The number of amides is 1. The summed E-state index contributed by atoms with van der Waals surface area (Å²) in [5, 5.41) is 21.6. The number of cyclic esters (lactones) is 1. The summed E-state index contributed by atoms with van der Waals surface area (Å²) in [4.78, 5) is 42.3. The number of alkyl carbamates (subject to hydrolysis) is 1. The molecule has 3 unspecified atom stereocenters. The molecule has 13 nitrogen and oxygen atoms in total. The average molecular weight is 683 g/mol. The zero-order valence-electron chi connectivity index (χ0n) is 30.9. The number of rotatable bonds is 8. The molecule has 3 saturated heterocycles. The number of hydrogen-bond donors (Lipinski definition) is 4. The Morgan fingerprint density at radius 2 is 1.75 bits per heavy atom. The summed E-state index contributed by atoms with van der Waals surface area (Å²) >= 11 is 0. The van der Waals surface area contributed by atoms with Gasteiger partial charge in [0.2, 0.25) is 0 Å². The van der Waals surface area contributed by atoms with Crippen LogP contribution in [0.1, 0.15) is 81.1 Å². The Bertz CT molecular complexity index is 1140. The van der Waals surface area contributed by atoms with Crippen LogP contribution < -0.4 is 16.0 Å². The molecule has 1 amide bonds. The summed E-state index contributed by atoms with van der Waals surface area (Å²) < 4.78 is 31.1. The third kappa shape index (κ3) is 8.35. The van der Waals surface area contributed by atoms with Gasteiger partial charge in [0, 0.05) is 37.7 Å². The van der Waals surface area contributed by atoms with Crippen molar-refractivity contribution < 1.29 is 43.2 Å². The van der Waals surface area contributed by atoms with Crippen LogP contribution in [0.2, 0.25) is 0 Å². The number of likely N-dealkylation sites (N-methyl/N-ethyl adjacent to an activating group) is 1. The normalized spacial score (nSPS) is 46.2. The molecule has 4 N–H and O–H groups in total. The quantitative estimate of drug-likeness (QED) is 0.219. The number of ketones is 1. The summed E-state index contributed by atoms with van der Waals surface area (Å²) in [6.07, 6.45) is -1.87. The molecule has 3 heterocycles. The first-order valence-electron chi connectivity index (χ1n) is 17.9. The number of methoxy groups -OCH3 is 1. The van der Waals surface area contributed by atoms with Crippen molar-refractivity contribution in [3.8, 4) is 0 Å². The van der Waals surface area contributed by atoms with Crippen LogP contribution in [0.25, 0.3) is 0 Å². The van der Waals surface area contributed by atoms with Gasteiger partial charge in [-0.2, -0.15) is 0 Å². The van der Waals surface area contributed by atoms with E-state index in [1.165, 1.54) is 6.92 Å². The highest BCUT2D eigenvalue weighted by Gasteiger charge is 2.55. The van der Waals surface area contributed by atoms with Crippen molar-refractivity contribution in [3.63, 3.8) is 0 Å². The van der Waals surface area contributed by atoms with E-state index in [9.17, 15) is 19.5 Å². The molecule has 3 aliphatic heterocycles. The topological polar surface area (TPSA) is 157 Å². The van der Waals surface area contributed by atoms with Crippen molar-refractivity contribution in [3.05, 3.63) is 0 Å². The first-order valence-corrected chi connectivity index (χ1v) is 17.9. The van der Waals surface area contributed by atoms with Gasteiger partial charge in [-0.05, 0) is 85.9 Å². The summed E-state index contributed by atoms with van der Waals surface area (Å²) in [6.45, 7) is 16.2. The van der Waals surface area contributed by atoms with Gasteiger partial charge in [0.15, 0.2) is 17.7 Å². The Balaban J connectivity index is 1.66. The Labute approximate surface area is 286 Å². The highest BCUT2D eigenvalue weighted by atomic mass is 16.7. The highest BCUT2D eigenvalue weighted by Crippen LogP contribution is 2.38. The van der Waals surface area contributed by atoms with Crippen molar-refractivity contribution in [1.82, 2.24) is 20.9 Å². The molecule has 0 aromatic rings. The maximum absolute atomic E-state index is 14.2. The molecule has 13 heteroatoms. The van der Waals surface area contributed by atoms with E-state index in [0.29, 0.717) is 44.3 Å². The van der Waals surface area contributed by atoms with E-state index in [1.807, 2.05) is 39.8 Å². The average Bonchev–Trinajstić information content (AvgIpc) is 3.66. The molecular weight excluding hydrogens is 620 g/mol. The Kier molecular flexibility index (Phi) is 12.6. The summed E-state index contributed by atoms with van der Waals surface area (Å²) in [5.74, 6) is -2.40. The van der Waals surface area contributed by atoms with Gasteiger partial charge in [0.05, 0.1) is 23.9 Å². The second-order valence-corrected chi connectivity index (χ2v) is 15.6. The van der Waals surface area contributed by atoms with Gasteiger partial charge in [0.25, 0.3) is 0 Å². The number of nitrogens with zero attached hydrogens (tertiary/aromatic N) is 1. The van der Waals surface area contributed by atoms with Gasteiger partial charge in [-0.1, -0.05) is 27.7 Å². The Morgan fingerprint density at radius 1 is 1.08 bits per heavy atom. The number of carbonyl (C=O) groups excluding carboxylic acids is 3. The zero-order chi connectivity index (χ0) is 35.7. The molecule has 1 aliphatic carbocycles. The fourth-order valence-electron chi connectivity index (χ4n) is 8.04. The molecule has 0 bridgehead atoms. The van der Waals surface area contributed by atoms with Crippen LogP contribution in [-0.2, 0) is 33.3 Å². The smallest absolute Gasteiger partial charge is 0.408 e. The molecule has 48 heavy (non-hydrogen) atoms. The lowest BCUT2D eigenvalue weighted by Crippen LogP contribution is -2.60. The van der Waals surface area contributed by atoms with Gasteiger partial charge in [0.1, 0.15) is 18.1 Å². The van der Waals surface area contributed by atoms with Crippen LogP contribution in [0.15, 0.2) is 0 Å². The van der Waals surface area contributed by atoms with Crippen LogP contribution in [0.5, 0.6) is 0 Å². The number of aliphatic hydroxyl groups is 1. The van der Waals surface area contributed by atoms with E-state index in [2.05, 4.69) is 29.8 Å². The Hall–Kier alpha value is -1.87. The number of ether oxygens (including phenoxy) is 5. The second kappa shape index (κ2) is 15.6. The lowest BCUT2D eigenvalue weighted by atomic mass is 9.78. The van der Waals surface area contributed by atoms with Crippen LogP contribution in [0.4, 0.5) is 4.79 Å². The van der Waals surface area contributed by atoms with Gasteiger partial charge in [-0.25, -0.2) is 4.79 Å². The van der Waals surface area contributed by atoms with Crippen LogP contribution in [0.3, 0.4) is 0 Å². The molecular formula is C35H62N4O9. The minimum absolute atomic E-state index is 0.0293. The number of hydrogen-bond acceptors (Lipinski definition) is 12. The second-order valence-electron chi connectivity index (χ2n) is 15.6. The Morgan fingerprint density at radius 3 is 2.33 bits per heavy atom. The lowest BCUT2D eigenvalue weighted by Gasteiger charge is -2.47. The number of carbonyl (C=O) groups is 3. The predicted molar refractivity (Wildman–Crippen MR) is 179 cm³/mol. The molecule has 276 valence electrons. The SMILES string of the molecule is CC[C@H]1OC(=O)[C@H](C)C(=O)[C@H](C)[C@@H](O[C@@H]2OC(CN[C@H]3C[C@@H]3C)CC(N(C)C)C2O)[C@](C)(OC)C[C@@H](C)CN[C@H](C)[C@H]2NC(=O)O[C@@]21C. The van der Waals surface area contributed by atoms with Gasteiger partial charge in [-0.3, -0.25) is 9.59 Å². The van der Waals surface area contributed by atoms with Crippen LogP contribution in [-0.4, -0.2) is 128 Å². The standard InChI is InChI=1S/C35H62N4O9/c1-12-26-35(8)29(38-33(43)48-35)22(6)36-16-18(2)15-34(7,44-11)30(20(4)27(40)21(5)31(42)46-26)47-32-28(41)25(39(9)10)14-23(45-32)17-37-24-13-19(24)3/h18-26,28-30,32,36-37,41H,12-17H2,1-11H3,(H,38,43)/t18-,19+,20+,21-,22-,23?,24+,25?,26-,28?,29-,30-,32+,34-,35-/m1/s1. The minimum Gasteiger partial charge on any atom is -0.458 e. The maximum atomic E-state index is 14.2.